The predicted molar refractivity (Wildman–Crippen MR) is 129 cm³/mol. The highest BCUT2D eigenvalue weighted by atomic mass is 32.2. The monoisotopic (exact) mass is 545 g/mol. The Morgan fingerprint density at radius 2 is 1.57 bits per heavy atom. The van der Waals surface area contributed by atoms with E-state index >= 15 is 0 Å². The zero-order valence-electron chi connectivity index (χ0n) is 18.8. The largest absolute Gasteiger partial charge is 0.361 e. The Morgan fingerprint density at radius 1 is 0.943 bits per heavy atom. The molecule has 0 radical (unpaired) electrons. The predicted octanol–water partition coefficient (Wildman–Crippen LogP) is 2.46. The van der Waals surface area contributed by atoms with E-state index in [2.05, 4.69) is 5.32 Å². The maximum atomic E-state index is 12.2. The SMILES string of the molecule is CC1(C)C(/C=C/Nc2ccccc2)=[N+](CCCS(=O)(=O)O)c2c1cc(S(=O)(=O)O)cc2S(=O)(=O)O. The van der Waals surface area contributed by atoms with E-state index in [0.717, 1.165) is 11.8 Å². The molecule has 0 amide bonds. The molecule has 1 aliphatic heterocycles. The van der Waals surface area contributed by atoms with Gasteiger partial charge in [0.1, 0.15) is 6.54 Å². The van der Waals surface area contributed by atoms with Crippen LogP contribution in [0, 0.1) is 0 Å². The fraction of sp³-hybridized carbons (Fsp3) is 0.286. The molecule has 2 aromatic rings. The summed E-state index contributed by atoms with van der Waals surface area (Å²) in [5.74, 6) is -0.608. The molecule has 0 unspecified atom stereocenters. The molecule has 1 aliphatic rings. The van der Waals surface area contributed by atoms with Crippen LogP contribution in [0.3, 0.4) is 0 Å². The van der Waals surface area contributed by atoms with Crippen LogP contribution >= 0.6 is 0 Å². The van der Waals surface area contributed by atoms with Gasteiger partial charge in [0.2, 0.25) is 5.69 Å². The lowest BCUT2D eigenvalue weighted by molar-refractivity contribution is -0.440. The minimum Gasteiger partial charge on any atom is -0.361 e. The molecule has 3 rings (SSSR count). The normalized spacial score (nSPS) is 16.0. The van der Waals surface area contributed by atoms with Gasteiger partial charge in [0.05, 0.1) is 16.1 Å². The van der Waals surface area contributed by atoms with Crippen LogP contribution in [0.1, 0.15) is 25.8 Å². The highest BCUT2D eigenvalue weighted by Gasteiger charge is 2.48. The summed E-state index contributed by atoms with van der Waals surface area (Å²) in [7, 11) is -14.1. The van der Waals surface area contributed by atoms with E-state index < -0.39 is 51.3 Å². The first-order valence-corrected chi connectivity index (χ1v) is 14.7. The molecule has 0 saturated heterocycles. The quantitative estimate of drug-likeness (QED) is 0.270. The lowest BCUT2D eigenvalue weighted by Crippen LogP contribution is -2.28. The first-order valence-electron chi connectivity index (χ1n) is 10.2. The topological polar surface area (TPSA) is 178 Å². The smallest absolute Gasteiger partial charge is 0.301 e. The van der Waals surface area contributed by atoms with Crippen LogP contribution in [0.15, 0.2) is 64.5 Å². The summed E-state index contributed by atoms with van der Waals surface area (Å²) >= 11 is 0. The maximum Gasteiger partial charge on any atom is 0.301 e. The van der Waals surface area contributed by atoms with Crippen LogP contribution in [0.4, 0.5) is 11.4 Å². The zero-order chi connectivity index (χ0) is 26.2. The first kappa shape index (κ1) is 27.0. The van der Waals surface area contributed by atoms with Crippen molar-refractivity contribution in [1.82, 2.24) is 0 Å². The molecule has 0 atom stereocenters. The molecule has 1 heterocycles. The Labute approximate surface area is 204 Å². The first-order chi connectivity index (χ1) is 16.0. The van der Waals surface area contributed by atoms with E-state index in [0.29, 0.717) is 11.8 Å². The van der Waals surface area contributed by atoms with Gasteiger partial charge in [-0.3, -0.25) is 13.7 Å². The molecule has 0 aliphatic carbocycles. The lowest BCUT2D eigenvalue weighted by Gasteiger charge is -2.16. The third kappa shape index (κ3) is 6.15. The highest BCUT2D eigenvalue weighted by Crippen LogP contribution is 2.45. The summed E-state index contributed by atoms with van der Waals surface area (Å²) < 4.78 is 101. The average molecular weight is 546 g/mol. The molecule has 0 spiro atoms. The average Bonchev–Trinajstić information content (AvgIpc) is 2.93. The highest BCUT2D eigenvalue weighted by molar-refractivity contribution is 7.86. The summed E-state index contributed by atoms with van der Waals surface area (Å²) in [4.78, 5) is -1.48. The second kappa shape index (κ2) is 9.44. The van der Waals surface area contributed by atoms with Crippen molar-refractivity contribution < 1.29 is 43.5 Å². The third-order valence-electron chi connectivity index (χ3n) is 5.55. The van der Waals surface area contributed by atoms with Crippen molar-refractivity contribution in [2.24, 2.45) is 0 Å². The molecule has 11 nitrogen and oxygen atoms in total. The van der Waals surface area contributed by atoms with E-state index in [9.17, 15) is 34.4 Å². The molecule has 0 fully saturated rings. The van der Waals surface area contributed by atoms with Gasteiger partial charge in [-0.1, -0.05) is 18.2 Å². The van der Waals surface area contributed by atoms with Gasteiger partial charge in [-0.2, -0.15) is 29.8 Å². The number of hydrogen-bond acceptors (Lipinski definition) is 7. The molecule has 0 aromatic heterocycles. The molecule has 4 N–H and O–H groups in total. The number of anilines is 1. The number of nitrogens with zero attached hydrogens (tertiary/aromatic N) is 1. The fourth-order valence-corrected chi connectivity index (χ4v) is 5.81. The van der Waals surface area contributed by atoms with Crippen molar-refractivity contribution >= 4 is 47.4 Å². The van der Waals surface area contributed by atoms with Gasteiger partial charge in [-0.05, 0) is 38.1 Å². The number of fused-ring (bicyclic) bond motifs is 1. The van der Waals surface area contributed by atoms with Crippen molar-refractivity contribution in [3.63, 3.8) is 0 Å². The molecule has 0 bridgehead atoms. The Kier molecular flexibility index (Phi) is 7.28. The number of rotatable bonds is 9. The van der Waals surface area contributed by atoms with E-state index in [1.807, 2.05) is 30.3 Å². The van der Waals surface area contributed by atoms with Gasteiger partial charge >= 0.3 is 10.1 Å². The Morgan fingerprint density at radius 3 is 2.11 bits per heavy atom. The van der Waals surface area contributed by atoms with Crippen molar-refractivity contribution in [3.05, 3.63) is 60.3 Å². The van der Waals surface area contributed by atoms with Crippen LogP contribution in [-0.2, 0) is 35.8 Å². The van der Waals surface area contributed by atoms with Crippen LogP contribution < -0.4 is 5.32 Å². The fourth-order valence-electron chi connectivity index (χ4n) is 3.97. The van der Waals surface area contributed by atoms with E-state index in [1.54, 1.807) is 26.1 Å². The Balaban J connectivity index is 2.23. The van der Waals surface area contributed by atoms with Gasteiger partial charge in [0.15, 0.2) is 10.6 Å². The molecule has 190 valence electrons. The number of allylic oxidation sites excluding steroid dienone is 1. The maximum absolute atomic E-state index is 12.2. The van der Waals surface area contributed by atoms with Crippen LogP contribution in [0.2, 0.25) is 0 Å². The van der Waals surface area contributed by atoms with E-state index in [-0.39, 0.29) is 24.2 Å². The van der Waals surface area contributed by atoms with Crippen molar-refractivity contribution in [3.8, 4) is 0 Å². The molecular formula is C21H25N2O9S3+. The summed E-state index contributed by atoms with van der Waals surface area (Å²) in [6, 6.07) is 10.8. The summed E-state index contributed by atoms with van der Waals surface area (Å²) in [6.07, 6.45) is 3.08. The number of para-hydroxylation sites is 1. The number of nitrogens with one attached hydrogen (secondary N) is 1. The number of hydrogen-bond donors (Lipinski definition) is 4. The van der Waals surface area contributed by atoms with Gasteiger partial charge in [0.25, 0.3) is 20.2 Å². The molecular weight excluding hydrogens is 520 g/mol. The molecule has 0 saturated carbocycles. The lowest BCUT2D eigenvalue weighted by atomic mass is 9.81. The summed E-state index contributed by atoms with van der Waals surface area (Å²) in [5, 5.41) is 3.05. The molecule has 14 heteroatoms. The second-order valence-electron chi connectivity index (χ2n) is 8.41. The molecule has 35 heavy (non-hydrogen) atoms. The van der Waals surface area contributed by atoms with Crippen LogP contribution in [-0.4, -0.2) is 61.5 Å². The summed E-state index contributed by atoms with van der Waals surface area (Å²) in [6.45, 7) is 3.27. The van der Waals surface area contributed by atoms with Crippen LogP contribution in [0.25, 0.3) is 0 Å². The van der Waals surface area contributed by atoms with Gasteiger partial charge < -0.3 is 5.32 Å². The Hall–Kier alpha value is -2.62. The minimum absolute atomic E-state index is 0.0559. The van der Waals surface area contributed by atoms with E-state index in [4.69, 9.17) is 4.55 Å². The van der Waals surface area contributed by atoms with Gasteiger partial charge in [-0.15, -0.1) is 0 Å². The van der Waals surface area contributed by atoms with Crippen molar-refractivity contribution in [2.75, 3.05) is 17.6 Å². The standard InChI is InChI=1S/C21H24N2O9S3/c1-21(2)17-13-16(34(27,28)29)14-18(35(30,31)32)20(17)23(11-6-12-33(24,25)26)19(21)9-10-22-15-7-4-3-5-8-15/h3-5,7-10,13-14H,6,11-12H2,1-2H3,(H3,24,25,26,27,28,29,30,31,32)/p+1. The third-order valence-corrected chi connectivity index (χ3v) is 8.05. The zero-order valence-corrected chi connectivity index (χ0v) is 21.2. The van der Waals surface area contributed by atoms with Gasteiger partial charge in [0, 0.05) is 29.9 Å². The van der Waals surface area contributed by atoms with Crippen LogP contribution in [0.5, 0.6) is 0 Å². The Bertz CT molecular complexity index is 1530. The van der Waals surface area contributed by atoms with Gasteiger partial charge in [-0.25, -0.2) is 0 Å². The second-order valence-corrected chi connectivity index (χ2v) is 12.8. The van der Waals surface area contributed by atoms with Crippen molar-refractivity contribution in [1.29, 1.82) is 0 Å². The summed E-state index contributed by atoms with van der Waals surface area (Å²) in [5.41, 5.74) is 0.278. The number of benzene rings is 2. The van der Waals surface area contributed by atoms with Crippen molar-refractivity contribution in [2.45, 2.75) is 35.5 Å². The molecule has 2 aromatic carbocycles. The minimum atomic E-state index is -4.97. The van der Waals surface area contributed by atoms with E-state index in [1.165, 1.54) is 4.58 Å².